The van der Waals surface area contributed by atoms with Gasteiger partial charge in [0.05, 0.1) is 19.8 Å². The number of ether oxygens (including phenoxy) is 3. The van der Waals surface area contributed by atoms with Gasteiger partial charge >= 0.3 is 6.18 Å². The number of alkyl halides is 3. The third-order valence-corrected chi connectivity index (χ3v) is 3.49. The highest BCUT2D eigenvalue weighted by Gasteiger charge is 2.30. The van der Waals surface area contributed by atoms with E-state index in [0.29, 0.717) is 17.2 Å². The molecule has 1 amide bonds. The summed E-state index contributed by atoms with van der Waals surface area (Å²) in [4.78, 5) is 12.2. The van der Waals surface area contributed by atoms with Crippen molar-refractivity contribution in [3.63, 3.8) is 0 Å². The number of anilines is 1. The van der Waals surface area contributed by atoms with Crippen LogP contribution in [0.3, 0.4) is 0 Å². The van der Waals surface area contributed by atoms with E-state index in [1.165, 1.54) is 33.3 Å². The fourth-order valence-electron chi connectivity index (χ4n) is 2.16. The minimum atomic E-state index is -4.48. The van der Waals surface area contributed by atoms with Crippen molar-refractivity contribution in [2.75, 3.05) is 19.5 Å². The Labute approximate surface area is 148 Å². The van der Waals surface area contributed by atoms with Gasteiger partial charge in [0.15, 0.2) is 17.6 Å². The zero-order valence-electron chi connectivity index (χ0n) is 14.4. The van der Waals surface area contributed by atoms with E-state index < -0.39 is 23.8 Å². The maximum absolute atomic E-state index is 12.7. The Bertz CT molecular complexity index is 777. The number of hydrogen-bond donors (Lipinski definition) is 1. The SMILES string of the molecule is COc1ccc(NC(=O)C(C)Oc2cccc(C(F)(F)F)c2)cc1OC. The molecule has 0 radical (unpaired) electrons. The van der Waals surface area contributed by atoms with Gasteiger partial charge in [-0.1, -0.05) is 6.07 Å². The lowest BCUT2D eigenvalue weighted by Crippen LogP contribution is -2.30. The lowest BCUT2D eigenvalue weighted by molar-refractivity contribution is -0.137. The Morgan fingerprint density at radius 2 is 1.73 bits per heavy atom. The summed E-state index contributed by atoms with van der Waals surface area (Å²) >= 11 is 0. The quantitative estimate of drug-likeness (QED) is 0.832. The Morgan fingerprint density at radius 1 is 1.04 bits per heavy atom. The maximum atomic E-state index is 12.7. The van der Waals surface area contributed by atoms with E-state index in [-0.39, 0.29) is 5.75 Å². The minimum Gasteiger partial charge on any atom is -0.493 e. The van der Waals surface area contributed by atoms with Crippen LogP contribution in [-0.4, -0.2) is 26.2 Å². The van der Waals surface area contributed by atoms with Crippen LogP contribution in [-0.2, 0) is 11.0 Å². The van der Waals surface area contributed by atoms with E-state index in [1.807, 2.05) is 0 Å². The zero-order valence-corrected chi connectivity index (χ0v) is 14.4. The number of rotatable bonds is 6. The molecule has 1 atom stereocenters. The summed E-state index contributed by atoms with van der Waals surface area (Å²) in [5.74, 6) is 0.361. The van der Waals surface area contributed by atoms with Crippen molar-refractivity contribution >= 4 is 11.6 Å². The van der Waals surface area contributed by atoms with Crippen molar-refractivity contribution in [3.05, 3.63) is 48.0 Å². The molecule has 0 aliphatic carbocycles. The molecule has 0 heterocycles. The highest BCUT2D eigenvalue weighted by molar-refractivity contribution is 5.94. The molecule has 2 rings (SSSR count). The average molecular weight is 369 g/mol. The predicted molar refractivity (Wildman–Crippen MR) is 89.7 cm³/mol. The minimum absolute atomic E-state index is 0.0465. The first-order valence-corrected chi connectivity index (χ1v) is 7.61. The van der Waals surface area contributed by atoms with Gasteiger partial charge in [0.2, 0.25) is 0 Å². The van der Waals surface area contributed by atoms with Crippen LogP contribution in [0, 0.1) is 0 Å². The molecule has 0 fully saturated rings. The third-order valence-electron chi connectivity index (χ3n) is 3.49. The summed E-state index contributed by atoms with van der Waals surface area (Å²) in [6.45, 7) is 1.44. The van der Waals surface area contributed by atoms with E-state index in [0.717, 1.165) is 12.1 Å². The first-order valence-electron chi connectivity index (χ1n) is 7.61. The second-order valence-corrected chi connectivity index (χ2v) is 5.34. The van der Waals surface area contributed by atoms with Crippen molar-refractivity contribution in [2.45, 2.75) is 19.2 Å². The van der Waals surface area contributed by atoms with Crippen LogP contribution in [0.15, 0.2) is 42.5 Å². The molecular formula is C18H18F3NO4. The molecule has 0 bridgehead atoms. The number of halogens is 3. The van der Waals surface area contributed by atoms with E-state index in [2.05, 4.69) is 5.32 Å². The average Bonchev–Trinajstić information content (AvgIpc) is 2.61. The fourth-order valence-corrected chi connectivity index (χ4v) is 2.16. The van der Waals surface area contributed by atoms with Gasteiger partial charge in [-0.25, -0.2) is 0 Å². The second kappa shape index (κ2) is 7.99. The third kappa shape index (κ3) is 4.81. The monoisotopic (exact) mass is 369 g/mol. The van der Waals surface area contributed by atoms with Gasteiger partial charge in [0.25, 0.3) is 5.91 Å². The van der Waals surface area contributed by atoms with Gasteiger partial charge in [0.1, 0.15) is 5.75 Å². The first-order chi connectivity index (χ1) is 12.2. The largest absolute Gasteiger partial charge is 0.493 e. The van der Waals surface area contributed by atoms with E-state index >= 15 is 0 Å². The highest BCUT2D eigenvalue weighted by atomic mass is 19.4. The summed E-state index contributed by atoms with van der Waals surface area (Å²) in [6.07, 6.45) is -5.49. The molecule has 8 heteroatoms. The number of benzene rings is 2. The number of carbonyl (C=O) groups excluding carboxylic acids is 1. The zero-order chi connectivity index (χ0) is 19.3. The maximum Gasteiger partial charge on any atom is 0.416 e. The van der Waals surface area contributed by atoms with E-state index in [1.54, 1.807) is 18.2 Å². The van der Waals surface area contributed by atoms with Crippen LogP contribution in [0.2, 0.25) is 0 Å². The van der Waals surface area contributed by atoms with E-state index in [9.17, 15) is 18.0 Å². The summed E-state index contributed by atoms with van der Waals surface area (Å²) in [7, 11) is 2.95. The molecule has 5 nitrogen and oxygen atoms in total. The highest BCUT2D eigenvalue weighted by Crippen LogP contribution is 2.32. The molecule has 2 aromatic carbocycles. The fraction of sp³-hybridized carbons (Fsp3) is 0.278. The summed E-state index contributed by atoms with van der Waals surface area (Å²) in [6, 6.07) is 9.14. The molecule has 0 saturated heterocycles. The van der Waals surface area contributed by atoms with Crippen LogP contribution in [0.5, 0.6) is 17.2 Å². The summed E-state index contributed by atoms with van der Waals surface area (Å²) in [5, 5.41) is 2.61. The number of methoxy groups -OCH3 is 2. The van der Waals surface area contributed by atoms with Crippen LogP contribution in [0.25, 0.3) is 0 Å². The van der Waals surface area contributed by atoms with Crippen LogP contribution in [0.1, 0.15) is 12.5 Å². The molecule has 0 spiro atoms. The van der Waals surface area contributed by atoms with Crippen molar-refractivity contribution < 1.29 is 32.2 Å². The lowest BCUT2D eigenvalue weighted by atomic mass is 10.2. The number of amides is 1. The molecule has 0 aliphatic rings. The molecule has 2 aromatic rings. The van der Waals surface area contributed by atoms with Crippen molar-refractivity contribution in [3.8, 4) is 17.2 Å². The van der Waals surface area contributed by atoms with Crippen molar-refractivity contribution in [1.82, 2.24) is 0 Å². The Balaban J connectivity index is 2.06. The summed E-state index contributed by atoms with van der Waals surface area (Å²) < 4.78 is 53.8. The molecule has 26 heavy (non-hydrogen) atoms. The standard InChI is InChI=1S/C18H18F3NO4/c1-11(26-14-6-4-5-12(9-14)18(19,20)21)17(23)22-13-7-8-15(24-2)16(10-13)25-3/h4-11H,1-3H3,(H,22,23). The smallest absolute Gasteiger partial charge is 0.416 e. The lowest BCUT2D eigenvalue weighted by Gasteiger charge is -2.16. The van der Waals surface area contributed by atoms with Gasteiger partial charge in [-0.15, -0.1) is 0 Å². The molecule has 1 unspecified atom stereocenters. The predicted octanol–water partition coefficient (Wildman–Crippen LogP) is 4.13. The molecule has 0 aromatic heterocycles. The van der Waals surface area contributed by atoms with Crippen molar-refractivity contribution in [2.24, 2.45) is 0 Å². The number of hydrogen-bond acceptors (Lipinski definition) is 4. The van der Waals surface area contributed by atoms with Crippen LogP contribution < -0.4 is 19.5 Å². The van der Waals surface area contributed by atoms with Gasteiger partial charge in [-0.3, -0.25) is 4.79 Å². The second-order valence-electron chi connectivity index (χ2n) is 5.34. The molecule has 0 aliphatic heterocycles. The molecule has 1 N–H and O–H groups in total. The van der Waals surface area contributed by atoms with Crippen LogP contribution in [0.4, 0.5) is 18.9 Å². The van der Waals surface area contributed by atoms with Gasteiger partial charge < -0.3 is 19.5 Å². The normalized spacial score (nSPS) is 12.2. The Hall–Kier alpha value is -2.90. The first kappa shape index (κ1) is 19.4. The summed E-state index contributed by atoms with van der Waals surface area (Å²) in [5.41, 5.74) is -0.408. The van der Waals surface area contributed by atoms with Gasteiger partial charge in [-0.2, -0.15) is 13.2 Å². The molecule has 0 saturated carbocycles. The topological polar surface area (TPSA) is 56.8 Å². The van der Waals surface area contributed by atoms with E-state index in [4.69, 9.17) is 14.2 Å². The molecular weight excluding hydrogens is 351 g/mol. The number of nitrogens with one attached hydrogen (secondary N) is 1. The Morgan fingerprint density at radius 3 is 2.35 bits per heavy atom. The number of carbonyl (C=O) groups is 1. The van der Waals surface area contributed by atoms with Gasteiger partial charge in [0, 0.05) is 11.8 Å². The van der Waals surface area contributed by atoms with Crippen LogP contribution >= 0.6 is 0 Å². The van der Waals surface area contributed by atoms with Gasteiger partial charge in [-0.05, 0) is 37.3 Å². The molecule has 140 valence electrons. The Kier molecular flexibility index (Phi) is 5.97. The van der Waals surface area contributed by atoms with Crippen molar-refractivity contribution in [1.29, 1.82) is 0 Å².